The highest BCUT2D eigenvalue weighted by molar-refractivity contribution is 6.29. The van der Waals surface area contributed by atoms with Crippen molar-refractivity contribution in [1.82, 2.24) is 15.2 Å². The van der Waals surface area contributed by atoms with Gasteiger partial charge in [-0.15, -0.1) is 0 Å². The molecular formula is C10H14ClN3. The molecule has 0 bridgehead atoms. The highest BCUT2D eigenvalue weighted by atomic mass is 35.5. The normalized spacial score (nSPS) is 9.64. The van der Waals surface area contributed by atoms with E-state index in [-0.39, 0.29) is 0 Å². The first-order chi connectivity index (χ1) is 6.59. The lowest BCUT2D eigenvalue weighted by atomic mass is 10.3. The van der Waals surface area contributed by atoms with Crippen LogP contribution in [0.4, 0.5) is 0 Å². The van der Waals surface area contributed by atoms with Crippen LogP contribution in [0, 0.1) is 0 Å². The van der Waals surface area contributed by atoms with E-state index in [1.54, 1.807) is 12.3 Å². The number of hydrogen-bond acceptors (Lipinski definition) is 3. The summed E-state index contributed by atoms with van der Waals surface area (Å²) in [6, 6.07) is 3.71. The molecule has 0 saturated heterocycles. The molecule has 1 aromatic rings. The lowest BCUT2D eigenvalue weighted by molar-refractivity contribution is 0.462. The predicted molar refractivity (Wildman–Crippen MR) is 58.9 cm³/mol. The molecular weight excluding hydrogens is 198 g/mol. The topological polar surface area (TPSA) is 28.2 Å². The van der Waals surface area contributed by atoms with Crippen molar-refractivity contribution >= 4 is 11.6 Å². The SMILES string of the molecule is C=C(NCc1ccc(Cl)nc1)N(C)C. The Balaban J connectivity index is 2.46. The maximum absolute atomic E-state index is 5.67. The standard InChI is InChI=1S/C10H14ClN3/c1-8(14(2)3)12-6-9-4-5-10(11)13-7-9/h4-5,7,12H,1,6H2,2-3H3. The average molecular weight is 212 g/mol. The summed E-state index contributed by atoms with van der Waals surface area (Å²) in [6.07, 6.45) is 1.75. The summed E-state index contributed by atoms with van der Waals surface area (Å²) < 4.78 is 0. The minimum absolute atomic E-state index is 0.514. The number of nitrogens with zero attached hydrogens (tertiary/aromatic N) is 2. The van der Waals surface area contributed by atoms with Crippen LogP contribution < -0.4 is 5.32 Å². The van der Waals surface area contributed by atoms with Gasteiger partial charge in [0, 0.05) is 26.8 Å². The smallest absolute Gasteiger partial charge is 0.129 e. The molecule has 0 aromatic carbocycles. The average Bonchev–Trinajstić information content (AvgIpc) is 2.16. The molecule has 0 fully saturated rings. The van der Waals surface area contributed by atoms with Crippen LogP contribution in [0.25, 0.3) is 0 Å². The minimum Gasteiger partial charge on any atom is -0.368 e. The number of halogens is 1. The summed E-state index contributed by atoms with van der Waals surface area (Å²) in [4.78, 5) is 5.90. The lowest BCUT2D eigenvalue weighted by Crippen LogP contribution is -2.24. The monoisotopic (exact) mass is 211 g/mol. The van der Waals surface area contributed by atoms with Crippen LogP contribution in [0.3, 0.4) is 0 Å². The molecule has 0 saturated carbocycles. The molecule has 14 heavy (non-hydrogen) atoms. The van der Waals surface area contributed by atoms with E-state index < -0.39 is 0 Å². The molecule has 0 atom stereocenters. The van der Waals surface area contributed by atoms with Crippen LogP contribution in [0.15, 0.2) is 30.7 Å². The quantitative estimate of drug-likeness (QED) is 0.771. The van der Waals surface area contributed by atoms with Crippen molar-refractivity contribution in [3.8, 4) is 0 Å². The summed E-state index contributed by atoms with van der Waals surface area (Å²) in [5, 5.41) is 3.68. The number of aromatic nitrogens is 1. The Kier molecular flexibility index (Phi) is 3.77. The lowest BCUT2D eigenvalue weighted by Gasteiger charge is -2.17. The van der Waals surface area contributed by atoms with Gasteiger partial charge in [-0.25, -0.2) is 4.98 Å². The number of nitrogens with one attached hydrogen (secondary N) is 1. The maximum atomic E-state index is 5.67. The summed E-state index contributed by atoms with van der Waals surface area (Å²) in [6.45, 7) is 4.56. The van der Waals surface area contributed by atoms with Crippen LogP contribution in [0.1, 0.15) is 5.56 Å². The number of pyridine rings is 1. The van der Waals surface area contributed by atoms with Crippen LogP contribution in [0.5, 0.6) is 0 Å². The van der Waals surface area contributed by atoms with Gasteiger partial charge >= 0.3 is 0 Å². The molecule has 0 unspecified atom stereocenters. The first kappa shape index (κ1) is 10.9. The zero-order chi connectivity index (χ0) is 10.6. The highest BCUT2D eigenvalue weighted by Gasteiger charge is 1.96. The van der Waals surface area contributed by atoms with E-state index in [2.05, 4.69) is 16.9 Å². The molecule has 1 rings (SSSR count). The Morgan fingerprint density at radius 2 is 2.29 bits per heavy atom. The van der Waals surface area contributed by atoms with Crippen molar-refractivity contribution in [2.45, 2.75) is 6.54 Å². The summed E-state index contributed by atoms with van der Waals surface area (Å²) in [5.41, 5.74) is 1.08. The van der Waals surface area contributed by atoms with E-state index in [1.807, 2.05) is 25.1 Å². The molecule has 1 heterocycles. The number of rotatable bonds is 4. The van der Waals surface area contributed by atoms with E-state index in [4.69, 9.17) is 11.6 Å². The van der Waals surface area contributed by atoms with Gasteiger partial charge < -0.3 is 10.2 Å². The van der Waals surface area contributed by atoms with Crippen molar-refractivity contribution in [2.75, 3.05) is 14.1 Å². The van der Waals surface area contributed by atoms with Gasteiger partial charge in [0.1, 0.15) is 5.15 Å². The maximum Gasteiger partial charge on any atom is 0.129 e. The molecule has 0 aliphatic carbocycles. The van der Waals surface area contributed by atoms with Crippen molar-refractivity contribution < 1.29 is 0 Å². The van der Waals surface area contributed by atoms with Crippen molar-refractivity contribution in [3.05, 3.63) is 41.4 Å². The van der Waals surface area contributed by atoms with Crippen molar-refractivity contribution in [3.63, 3.8) is 0 Å². The first-order valence-corrected chi connectivity index (χ1v) is 4.68. The second kappa shape index (κ2) is 4.86. The molecule has 0 aliphatic heterocycles. The molecule has 76 valence electrons. The Morgan fingerprint density at radius 3 is 2.79 bits per heavy atom. The summed E-state index contributed by atoms with van der Waals surface area (Å²) in [7, 11) is 3.88. The zero-order valence-corrected chi connectivity index (χ0v) is 9.17. The van der Waals surface area contributed by atoms with Gasteiger partial charge in [-0.2, -0.15) is 0 Å². The van der Waals surface area contributed by atoms with Crippen LogP contribution >= 0.6 is 11.6 Å². The van der Waals surface area contributed by atoms with E-state index in [1.165, 1.54) is 0 Å². The molecule has 0 radical (unpaired) electrons. The molecule has 0 amide bonds. The number of hydrogen-bond donors (Lipinski definition) is 1. The van der Waals surface area contributed by atoms with E-state index in [0.29, 0.717) is 11.7 Å². The van der Waals surface area contributed by atoms with Gasteiger partial charge in [-0.1, -0.05) is 24.2 Å². The molecule has 3 nitrogen and oxygen atoms in total. The van der Waals surface area contributed by atoms with E-state index in [0.717, 1.165) is 11.4 Å². The fourth-order valence-electron chi connectivity index (χ4n) is 0.873. The van der Waals surface area contributed by atoms with Gasteiger partial charge in [-0.3, -0.25) is 0 Å². The second-order valence-electron chi connectivity index (χ2n) is 3.18. The van der Waals surface area contributed by atoms with E-state index >= 15 is 0 Å². The first-order valence-electron chi connectivity index (χ1n) is 4.30. The van der Waals surface area contributed by atoms with Crippen molar-refractivity contribution in [1.29, 1.82) is 0 Å². The van der Waals surface area contributed by atoms with Crippen LogP contribution in [-0.4, -0.2) is 24.0 Å². The van der Waals surface area contributed by atoms with Gasteiger partial charge in [0.25, 0.3) is 0 Å². The third kappa shape index (κ3) is 3.26. The third-order valence-corrected chi connectivity index (χ3v) is 2.05. The minimum atomic E-state index is 0.514. The molecule has 1 aromatic heterocycles. The molecule has 1 N–H and O–H groups in total. The van der Waals surface area contributed by atoms with Gasteiger partial charge in [0.15, 0.2) is 0 Å². The Hall–Kier alpha value is -1.22. The van der Waals surface area contributed by atoms with Gasteiger partial charge in [-0.05, 0) is 11.6 Å². The largest absolute Gasteiger partial charge is 0.368 e. The second-order valence-corrected chi connectivity index (χ2v) is 3.57. The van der Waals surface area contributed by atoms with Crippen molar-refractivity contribution in [2.24, 2.45) is 0 Å². The Labute approximate surface area is 89.4 Å². The van der Waals surface area contributed by atoms with Gasteiger partial charge in [0.2, 0.25) is 0 Å². The highest BCUT2D eigenvalue weighted by Crippen LogP contribution is 2.05. The Morgan fingerprint density at radius 1 is 1.57 bits per heavy atom. The fourth-order valence-corrected chi connectivity index (χ4v) is 0.985. The fraction of sp³-hybridized carbons (Fsp3) is 0.300. The van der Waals surface area contributed by atoms with Crippen LogP contribution in [-0.2, 0) is 6.54 Å². The zero-order valence-electron chi connectivity index (χ0n) is 8.42. The van der Waals surface area contributed by atoms with E-state index in [9.17, 15) is 0 Å². The molecule has 0 aliphatic rings. The predicted octanol–water partition coefficient (Wildman–Crippen LogP) is 1.86. The molecule has 4 heteroatoms. The summed E-state index contributed by atoms with van der Waals surface area (Å²) >= 11 is 5.67. The van der Waals surface area contributed by atoms with Crippen LogP contribution in [0.2, 0.25) is 5.15 Å². The molecule has 0 spiro atoms. The van der Waals surface area contributed by atoms with Gasteiger partial charge in [0.05, 0.1) is 5.82 Å². The Bertz CT molecular complexity index is 306. The third-order valence-electron chi connectivity index (χ3n) is 1.83. The summed E-state index contributed by atoms with van der Waals surface area (Å²) in [5.74, 6) is 0.875.